The van der Waals surface area contributed by atoms with E-state index in [1.54, 1.807) is 12.1 Å². The van der Waals surface area contributed by atoms with Crippen LogP contribution in [0.25, 0.3) is 0 Å². The Kier molecular flexibility index (Phi) is 11.4. The third-order valence-corrected chi connectivity index (χ3v) is 5.88. The normalized spacial score (nSPS) is 14.6. The van der Waals surface area contributed by atoms with E-state index in [4.69, 9.17) is 10.8 Å². The van der Waals surface area contributed by atoms with Crippen molar-refractivity contribution in [1.29, 1.82) is 0 Å². The minimum Gasteiger partial charge on any atom is -0.508 e. The van der Waals surface area contributed by atoms with Crippen molar-refractivity contribution in [2.75, 3.05) is 0 Å². The number of aromatic hydroxyl groups is 1. The maximum absolute atomic E-state index is 12.8. The van der Waals surface area contributed by atoms with Gasteiger partial charge in [0.25, 0.3) is 0 Å². The van der Waals surface area contributed by atoms with Crippen LogP contribution in [0.3, 0.4) is 0 Å². The lowest BCUT2D eigenvalue weighted by Crippen LogP contribution is -2.57. The third kappa shape index (κ3) is 10.1. The fourth-order valence-electron chi connectivity index (χ4n) is 3.50. The lowest BCUT2D eigenvalue weighted by atomic mass is 10.0. The number of carboxylic acid groups (broad SMARTS) is 1. The van der Waals surface area contributed by atoms with Crippen molar-refractivity contribution in [2.45, 2.75) is 63.8 Å². The molecule has 0 bridgehead atoms. The first-order chi connectivity index (χ1) is 18.4. The van der Waals surface area contributed by atoms with Crippen LogP contribution < -0.4 is 27.0 Å². The second-order valence-corrected chi connectivity index (χ2v) is 9.26. The maximum atomic E-state index is 12.8. The van der Waals surface area contributed by atoms with Crippen LogP contribution in [-0.2, 0) is 36.8 Å². The lowest BCUT2D eigenvalue weighted by Gasteiger charge is -2.23. The zero-order chi connectivity index (χ0) is 29.1. The molecule has 39 heavy (non-hydrogen) atoms. The summed E-state index contributed by atoms with van der Waals surface area (Å²) in [4.78, 5) is 61.8. The predicted molar refractivity (Wildman–Crippen MR) is 142 cm³/mol. The molecule has 0 heterocycles. The highest BCUT2D eigenvalue weighted by Crippen LogP contribution is 2.12. The van der Waals surface area contributed by atoms with Gasteiger partial charge in [0, 0.05) is 6.42 Å². The Morgan fingerprint density at radius 1 is 0.667 bits per heavy atom. The van der Waals surface area contributed by atoms with E-state index in [0.29, 0.717) is 5.56 Å². The van der Waals surface area contributed by atoms with Crippen molar-refractivity contribution >= 4 is 29.6 Å². The molecule has 5 unspecified atom stereocenters. The van der Waals surface area contributed by atoms with Crippen LogP contribution in [-0.4, -0.2) is 70.0 Å². The Morgan fingerprint density at radius 3 is 1.72 bits per heavy atom. The van der Waals surface area contributed by atoms with Gasteiger partial charge in [-0.3, -0.25) is 24.0 Å². The molecule has 0 aliphatic rings. The number of carbonyl (C=O) groups is 5. The van der Waals surface area contributed by atoms with Gasteiger partial charge in [-0.2, -0.15) is 0 Å². The number of nitrogens with two attached hydrogens (primary N) is 1. The second kappa shape index (κ2) is 14.5. The van der Waals surface area contributed by atoms with E-state index in [1.807, 2.05) is 30.3 Å². The number of carbonyl (C=O) groups excluding carboxylic acids is 4. The fourth-order valence-corrected chi connectivity index (χ4v) is 3.50. The van der Waals surface area contributed by atoms with Crippen molar-refractivity contribution in [3.05, 3.63) is 65.7 Å². The number of nitrogens with one attached hydrogen (secondary N) is 4. The molecule has 0 aliphatic heterocycles. The number of carboxylic acids is 1. The number of hydrogen-bond acceptors (Lipinski definition) is 7. The van der Waals surface area contributed by atoms with E-state index < -0.39 is 59.8 Å². The molecule has 2 aromatic carbocycles. The summed E-state index contributed by atoms with van der Waals surface area (Å²) in [6.07, 6.45) is 0.279. The minimum absolute atomic E-state index is 0.00335. The van der Waals surface area contributed by atoms with E-state index in [2.05, 4.69) is 21.3 Å². The number of hydrogen-bond donors (Lipinski definition) is 7. The predicted octanol–water partition coefficient (Wildman–Crippen LogP) is -0.412. The van der Waals surface area contributed by atoms with Crippen molar-refractivity contribution in [3.63, 3.8) is 0 Å². The highest BCUT2D eigenvalue weighted by atomic mass is 16.4. The lowest BCUT2D eigenvalue weighted by molar-refractivity contribution is -0.141. The van der Waals surface area contributed by atoms with Crippen molar-refractivity contribution in [2.24, 2.45) is 5.73 Å². The van der Waals surface area contributed by atoms with Gasteiger partial charge in [0.2, 0.25) is 23.6 Å². The second-order valence-electron chi connectivity index (χ2n) is 9.26. The minimum atomic E-state index is -1.25. The van der Waals surface area contributed by atoms with Gasteiger partial charge in [-0.25, -0.2) is 0 Å². The van der Waals surface area contributed by atoms with Crippen LogP contribution in [0, 0.1) is 0 Å². The SMILES string of the molecule is CC(NC(=O)C(Cc1ccc(O)cc1)NC(=O)C(C)NC(=O)C(C)NC(=O)C(N)Cc1ccccc1)C(=O)O. The van der Waals surface area contributed by atoms with E-state index in [9.17, 15) is 29.1 Å². The zero-order valence-electron chi connectivity index (χ0n) is 22.0. The molecule has 0 aromatic heterocycles. The monoisotopic (exact) mass is 541 g/mol. The maximum Gasteiger partial charge on any atom is 0.325 e. The van der Waals surface area contributed by atoms with Crippen LogP contribution in [0.1, 0.15) is 31.9 Å². The molecule has 12 heteroatoms. The number of amides is 4. The van der Waals surface area contributed by atoms with Crippen LogP contribution in [0.5, 0.6) is 5.75 Å². The Morgan fingerprint density at radius 2 is 1.15 bits per heavy atom. The summed E-state index contributed by atoms with van der Waals surface area (Å²) in [6, 6.07) is 9.76. The first-order valence-corrected chi connectivity index (χ1v) is 12.4. The topological polar surface area (TPSA) is 200 Å². The van der Waals surface area contributed by atoms with Gasteiger partial charge in [-0.15, -0.1) is 0 Å². The molecule has 2 aromatic rings. The molecule has 0 aliphatic carbocycles. The highest BCUT2D eigenvalue weighted by Gasteiger charge is 2.28. The molecule has 5 atom stereocenters. The molecule has 0 spiro atoms. The quantitative estimate of drug-likeness (QED) is 0.177. The summed E-state index contributed by atoms with van der Waals surface area (Å²) in [5.41, 5.74) is 7.42. The van der Waals surface area contributed by atoms with Gasteiger partial charge >= 0.3 is 5.97 Å². The van der Waals surface area contributed by atoms with Crippen LogP contribution in [0.2, 0.25) is 0 Å². The van der Waals surface area contributed by atoms with E-state index in [1.165, 1.54) is 32.9 Å². The molecule has 4 amide bonds. The summed E-state index contributed by atoms with van der Waals surface area (Å²) in [5.74, 6) is -3.85. The third-order valence-electron chi connectivity index (χ3n) is 5.88. The van der Waals surface area contributed by atoms with Gasteiger partial charge in [-0.05, 0) is 50.5 Å². The zero-order valence-corrected chi connectivity index (χ0v) is 22.0. The van der Waals surface area contributed by atoms with Gasteiger partial charge < -0.3 is 37.2 Å². The van der Waals surface area contributed by atoms with Gasteiger partial charge in [0.15, 0.2) is 0 Å². The molecule has 0 saturated carbocycles. The molecule has 12 nitrogen and oxygen atoms in total. The smallest absolute Gasteiger partial charge is 0.325 e. The summed E-state index contributed by atoms with van der Waals surface area (Å²) in [7, 11) is 0. The number of phenolic OH excluding ortho intramolecular Hbond substituents is 1. The molecule has 0 radical (unpaired) electrons. The van der Waals surface area contributed by atoms with Gasteiger partial charge in [0.1, 0.15) is 29.9 Å². The first-order valence-electron chi connectivity index (χ1n) is 12.4. The molecule has 8 N–H and O–H groups in total. The van der Waals surface area contributed by atoms with E-state index in [-0.39, 0.29) is 18.6 Å². The van der Waals surface area contributed by atoms with E-state index >= 15 is 0 Å². The van der Waals surface area contributed by atoms with Crippen molar-refractivity contribution < 1.29 is 34.2 Å². The number of aliphatic carboxylic acids is 1. The van der Waals surface area contributed by atoms with Gasteiger partial charge in [0.05, 0.1) is 6.04 Å². The number of benzene rings is 2. The molecular weight excluding hydrogens is 506 g/mol. The first kappa shape index (κ1) is 30.8. The van der Waals surface area contributed by atoms with Crippen LogP contribution in [0.4, 0.5) is 0 Å². The van der Waals surface area contributed by atoms with Crippen LogP contribution in [0.15, 0.2) is 54.6 Å². The Balaban J connectivity index is 1.98. The average molecular weight is 542 g/mol. The number of rotatable bonds is 13. The van der Waals surface area contributed by atoms with E-state index in [0.717, 1.165) is 5.56 Å². The highest BCUT2D eigenvalue weighted by molar-refractivity contribution is 5.95. The number of phenols is 1. The molecule has 0 saturated heterocycles. The molecule has 210 valence electrons. The largest absolute Gasteiger partial charge is 0.508 e. The van der Waals surface area contributed by atoms with Gasteiger partial charge in [-0.1, -0.05) is 42.5 Å². The molecule has 2 rings (SSSR count). The Labute approximate surface area is 226 Å². The van der Waals surface area contributed by atoms with Crippen molar-refractivity contribution in [1.82, 2.24) is 21.3 Å². The summed E-state index contributed by atoms with van der Waals surface area (Å²) in [6.45, 7) is 4.13. The Bertz CT molecular complexity index is 1160. The van der Waals surface area contributed by atoms with Crippen molar-refractivity contribution in [3.8, 4) is 5.75 Å². The molecule has 0 fully saturated rings. The molecular formula is C27H35N5O7. The van der Waals surface area contributed by atoms with Crippen LogP contribution >= 0.6 is 0 Å². The summed E-state index contributed by atoms with van der Waals surface area (Å²) < 4.78 is 0. The summed E-state index contributed by atoms with van der Waals surface area (Å²) >= 11 is 0. The standard InChI is InChI=1S/C27H35N5O7/c1-15(30-25(36)21(28)13-18-7-5-4-6-8-18)23(34)29-16(2)24(35)32-22(26(37)31-17(3)27(38)39)14-19-9-11-20(33)12-10-19/h4-12,15-17,21-22,33H,13-14,28H2,1-3H3,(H,29,34)(H,30,36)(H,31,37)(H,32,35)(H,38,39). The summed E-state index contributed by atoms with van der Waals surface area (Å²) in [5, 5.41) is 28.4. The Hall–Kier alpha value is -4.45. The fraction of sp³-hybridized carbons (Fsp3) is 0.370. The average Bonchev–Trinajstić information content (AvgIpc) is 2.89.